The Balaban J connectivity index is 2.41. The van der Waals surface area contributed by atoms with E-state index in [-0.39, 0.29) is 10.9 Å². The van der Waals surface area contributed by atoms with E-state index in [9.17, 15) is 23.1 Å². The monoisotopic (exact) mass is 422 g/mol. The Kier molecular flexibility index (Phi) is 5.34. The molecule has 0 spiro atoms. The normalized spacial score (nSPS) is 20.6. The van der Waals surface area contributed by atoms with Crippen molar-refractivity contribution in [2.24, 2.45) is 0 Å². The second-order valence-electron chi connectivity index (χ2n) is 7.06. The quantitative estimate of drug-likeness (QED) is 0.717. The summed E-state index contributed by atoms with van der Waals surface area (Å²) in [6.45, 7) is 7.30. The molecule has 0 saturated carbocycles. The van der Waals surface area contributed by atoms with Gasteiger partial charge >= 0.3 is 19.3 Å². The van der Waals surface area contributed by atoms with Crippen LogP contribution in [0.4, 0.5) is 13.2 Å². The summed E-state index contributed by atoms with van der Waals surface area (Å²) in [5.41, 5.74) is -1.76. The molecule has 138 valence electrons. The highest BCUT2D eigenvalue weighted by atomic mass is 79.9. The fraction of sp³-hybridized carbons (Fsp3) is 0.562. The molecule has 1 aromatic carbocycles. The molecule has 1 N–H and O–H groups in total. The average molecular weight is 423 g/mol. The van der Waals surface area contributed by atoms with Gasteiger partial charge < -0.3 is 14.4 Å². The van der Waals surface area contributed by atoms with Crippen molar-refractivity contribution < 1.29 is 32.4 Å². The maximum Gasteiger partial charge on any atom is 0.466 e. The van der Waals surface area contributed by atoms with Crippen molar-refractivity contribution in [3.05, 3.63) is 33.8 Å². The van der Waals surface area contributed by atoms with Gasteiger partial charge in [0.2, 0.25) is 0 Å². The lowest BCUT2D eigenvalue weighted by Gasteiger charge is -2.32. The number of hydrogen-bond donors (Lipinski definition) is 1. The smallest absolute Gasteiger partial charge is 0.466 e. The number of carboxylic acids is 1. The third-order valence-electron chi connectivity index (χ3n) is 4.72. The summed E-state index contributed by atoms with van der Waals surface area (Å²) in [5, 5.41) is 9.23. The Morgan fingerprint density at radius 3 is 2.16 bits per heavy atom. The predicted molar refractivity (Wildman–Crippen MR) is 90.2 cm³/mol. The standard InChI is InChI=1S/C16H19BBrF3O4/c1-14(2)15(3,4)25-17(24-14)11(8-13(22)23)10-6-5-9(7-12(10)18)16(19,20)21/h5-7,11H,8H2,1-4H3,(H,22,23). The molecule has 25 heavy (non-hydrogen) atoms. The second-order valence-corrected chi connectivity index (χ2v) is 7.92. The van der Waals surface area contributed by atoms with Gasteiger partial charge in [0.1, 0.15) is 0 Å². The Labute approximate surface area is 153 Å². The zero-order valence-electron chi connectivity index (χ0n) is 14.3. The summed E-state index contributed by atoms with van der Waals surface area (Å²) >= 11 is 3.13. The van der Waals surface area contributed by atoms with Gasteiger partial charge in [-0.15, -0.1) is 0 Å². The Bertz CT molecular complexity index is 660. The van der Waals surface area contributed by atoms with Crippen LogP contribution in [0.2, 0.25) is 0 Å². The lowest BCUT2D eigenvalue weighted by atomic mass is 9.66. The molecule has 0 aromatic heterocycles. The van der Waals surface area contributed by atoms with E-state index >= 15 is 0 Å². The molecule has 1 aromatic rings. The average Bonchev–Trinajstić information content (AvgIpc) is 2.63. The first-order valence-corrected chi connectivity index (χ1v) is 8.48. The van der Waals surface area contributed by atoms with E-state index in [1.807, 2.05) is 27.7 Å². The third kappa shape index (κ3) is 4.20. The van der Waals surface area contributed by atoms with Crippen molar-refractivity contribution in [1.29, 1.82) is 0 Å². The van der Waals surface area contributed by atoms with E-state index in [4.69, 9.17) is 9.31 Å². The van der Waals surface area contributed by atoms with Gasteiger partial charge in [-0.2, -0.15) is 13.2 Å². The highest BCUT2D eigenvalue weighted by Gasteiger charge is 2.54. The van der Waals surface area contributed by atoms with E-state index < -0.39 is 41.8 Å². The SMILES string of the molecule is CC1(C)OB(C(CC(=O)O)c2ccc(C(F)(F)F)cc2Br)OC1(C)C. The summed E-state index contributed by atoms with van der Waals surface area (Å²) in [6.07, 6.45) is -4.81. The number of benzene rings is 1. The van der Waals surface area contributed by atoms with Crippen LogP contribution >= 0.6 is 15.9 Å². The minimum atomic E-state index is -4.48. The second kappa shape index (κ2) is 6.59. The Morgan fingerprint density at radius 1 is 1.24 bits per heavy atom. The maximum atomic E-state index is 12.9. The van der Waals surface area contributed by atoms with E-state index in [1.165, 1.54) is 6.07 Å². The number of halogens is 4. The fourth-order valence-corrected chi connectivity index (χ4v) is 3.27. The molecule has 1 atom stereocenters. The van der Waals surface area contributed by atoms with Crippen LogP contribution < -0.4 is 0 Å². The molecule has 0 bridgehead atoms. The van der Waals surface area contributed by atoms with Gasteiger partial charge in [0.25, 0.3) is 0 Å². The van der Waals surface area contributed by atoms with Crippen molar-refractivity contribution in [1.82, 2.24) is 0 Å². The molecule has 1 aliphatic rings. The summed E-state index contributed by atoms with van der Waals surface area (Å²) < 4.78 is 50.5. The molecule has 4 nitrogen and oxygen atoms in total. The summed E-state index contributed by atoms with van der Waals surface area (Å²) in [5.74, 6) is -1.85. The van der Waals surface area contributed by atoms with Gasteiger partial charge in [0.05, 0.1) is 23.2 Å². The molecule has 0 radical (unpaired) electrons. The lowest BCUT2D eigenvalue weighted by molar-refractivity contribution is -0.138. The molecule has 0 aliphatic carbocycles. The Hall–Kier alpha value is -1.06. The minimum Gasteiger partial charge on any atom is -0.481 e. The maximum absolute atomic E-state index is 12.9. The lowest BCUT2D eigenvalue weighted by Crippen LogP contribution is -2.41. The first-order chi connectivity index (χ1) is 11.2. The first kappa shape index (κ1) is 20.3. The molecule has 1 heterocycles. The highest BCUT2D eigenvalue weighted by Crippen LogP contribution is 2.43. The van der Waals surface area contributed by atoms with Gasteiger partial charge in [0.15, 0.2) is 0 Å². The number of carbonyl (C=O) groups is 1. The molecular formula is C16H19BBrF3O4. The summed E-state index contributed by atoms with van der Waals surface area (Å²) in [7, 11) is -0.880. The van der Waals surface area contributed by atoms with Gasteiger partial charge in [-0.3, -0.25) is 4.79 Å². The predicted octanol–water partition coefficient (Wildman–Crippen LogP) is 4.66. The number of aliphatic carboxylic acids is 1. The zero-order chi connectivity index (χ0) is 19.2. The van der Waals surface area contributed by atoms with Crippen LogP contribution in [0.1, 0.15) is 51.1 Å². The van der Waals surface area contributed by atoms with E-state index in [0.29, 0.717) is 5.56 Å². The molecule has 9 heteroatoms. The topological polar surface area (TPSA) is 55.8 Å². The summed E-state index contributed by atoms with van der Waals surface area (Å²) in [6, 6.07) is 3.14. The van der Waals surface area contributed by atoms with Gasteiger partial charge in [-0.25, -0.2) is 0 Å². The molecule has 1 fully saturated rings. The minimum absolute atomic E-state index is 0.170. The molecule has 1 aliphatic heterocycles. The van der Waals surface area contributed by atoms with Crippen molar-refractivity contribution in [3.63, 3.8) is 0 Å². The van der Waals surface area contributed by atoms with Gasteiger partial charge in [-0.1, -0.05) is 22.0 Å². The summed E-state index contributed by atoms with van der Waals surface area (Å²) in [4.78, 5) is 11.3. The van der Waals surface area contributed by atoms with Crippen molar-refractivity contribution in [2.45, 2.75) is 57.3 Å². The number of hydrogen-bond acceptors (Lipinski definition) is 3. The van der Waals surface area contributed by atoms with Crippen LogP contribution in [0.3, 0.4) is 0 Å². The van der Waals surface area contributed by atoms with Crippen LogP contribution in [-0.2, 0) is 20.3 Å². The molecule has 1 unspecified atom stereocenters. The van der Waals surface area contributed by atoms with Crippen LogP contribution in [0, 0.1) is 0 Å². The highest BCUT2D eigenvalue weighted by molar-refractivity contribution is 9.10. The first-order valence-electron chi connectivity index (χ1n) is 7.69. The number of rotatable bonds is 4. The van der Waals surface area contributed by atoms with E-state index in [0.717, 1.165) is 12.1 Å². The molecule has 1 saturated heterocycles. The zero-order valence-corrected chi connectivity index (χ0v) is 15.9. The fourth-order valence-electron chi connectivity index (χ4n) is 2.60. The van der Waals surface area contributed by atoms with Crippen molar-refractivity contribution in [2.75, 3.05) is 0 Å². The number of alkyl halides is 3. The van der Waals surface area contributed by atoms with Crippen LogP contribution in [0.25, 0.3) is 0 Å². The van der Waals surface area contributed by atoms with E-state index in [1.54, 1.807) is 0 Å². The largest absolute Gasteiger partial charge is 0.481 e. The molecular weight excluding hydrogens is 404 g/mol. The van der Waals surface area contributed by atoms with Gasteiger partial charge in [0, 0.05) is 10.3 Å². The van der Waals surface area contributed by atoms with Crippen molar-refractivity contribution in [3.8, 4) is 0 Å². The van der Waals surface area contributed by atoms with Crippen LogP contribution in [0.15, 0.2) is 22.7 Å². The molecule has 2 rings (SSSR count). The Morgan fingerprint density at radius 2 is 1.76 bits per heavy atom. The van der Waals surface area contributed by atoms with Gasteiger partial charge in [-0.05, 0) is 45.4 Å². The number of carboxylic acid groups (broad SMARTS) is 1. The van der Waals surface area contributed by atoms with Crippen molar-refractivity contribution >= 4 is 29.0 Å². The third-order valence-corrected chi connectivity index (χ3v) is 5.41. The van der Waals surface area contributed by atoms with E-state index in [2.05, 4.69) is 15.9 Å². The van der Waals surface area contributed by atoms with Crippen LogP contribution in [0.5, 0.6) is 0 Å². The van der Waals surface area contributed by atoms with Crippen LogP contribution in [-0.4, -0.2) is 29.4 Å². The molecule has 0 amide bonds.